The molecule has 2 heterocycles. The molecule has 0 saturated carbocycles. The molecule has 0 unspecified atom stereocenters. The number of amides is 1. The van der Waals surface area contributed by atoms with Crippen molar-refractivity contribution in [1.29, 1.82) is 0 Å². The molecule has 1 fully saturated rings. The number of halogens is 5. The van der Waals surface area contributed by atoms with Crippen LogP contribution in [0.5, 0.6) is 0 Å². The zero-order valence-electron chi connectivity index (χ0n) is 15.1. The monoisotopic (exact) mass is 418 g/mol. The lowest BCUT2D eigenvalue weighted by atomic mass is 10.2. The third kappa shape index (κ3) is 4.64. The van der Waals surface area contributed by atoms with E-state index in [1.165, 1.54) is 19.1 Å². The predicted octanol–water partition coefficient (Wildman–Crippen LogP) is 3.35. The Hall–Kier alpha value is -2.13. The van der Waals surface area contributed by atoms with Crippen molar-refractivity contribution in [3.8, 4) is 0 Å². The summed E-state index contributed by atoms with van der Waals surface area (Å²) in [5.74, 6) is -0.612. The van der Waals surface area contributed by atoms with Gasteiger partial charge in [-0.05, 0) is 24.6 Å². The predicted molar refractivity (Wildman–Crippen MR) is 95.2 cm³/mol. The van der Waals surface area contributed by atoms with Gasteiger partial charge in [0.25, 0.3) is 0 Å². The average Bonchev–Trinajstić information content (AvgIpc) is 2.91. The van der Waals surface area contributed by atoms with E-state index < -0.39 is 16.9 Å². The minimum atomic E-state index is -4.67. The number of aromatic nitrogens is 2. The van der Waals surface area contributed by atoms with Gasteiger partial charge in [0.05, 0.1) is 10.7 Å². The third-order valence-electron chi connectivity index (χ3n) is 4.71. The number of alkyl halides is 3. The molecule has 10 heteroatoms. The van der Waals surface area contributed by atoms with E-state index in [1.807, 2.05) is 6.07 Å². The molecule has 0 aliphatic carbocycles. The number of carbonyl (C=O) groups is 1. The van der Waals surface area contributed by atoms with Crippen molar-refractivity contribution in [3.63, 3.8) is 0 Å². The van der Waals surface area contributed by atoms with Crippen molar-refractivity contribution in [1.82, 2.24) is 19.6 Å². The van der Waals surface area contributed by atoms with Crippen molar-refractivity contribution < 1.29 is 22.4 Å². The molecule has 1 aliphatic heterocycles. The van der Waals surface area contributed by atoms with E-state index in [0.717, 1.165) is 10.2 Å². The fourth-order valence-corrected chi connectivity index (χ4v) is 3.38. The van der Waals surface area contributed by atoms with Gasteiger partial charge in [-0.25, -0.2) is 4.39 Å². The summed E-state index contributed by atoms with van der Waals surface area (Å²) < 4.78 is 53.0. The third-order valence-corrected chi connectivity index (χ3v) is 5.16. The quantitative estimate of drug-likeness (QED) is 0.715. The summed E-state index contributed by atoms with van der Waals surface area (Å²) in [6.07, 6.45) is -4.67. The van der Waals surface area contributed by atoms with Crippen LogP contribution in [0.15, 0.2) is 24.3 Å². The Morgan fingerprint density at radius 3 is 2.46 bits per heavy atom. The highest BCUT2D eigenvalue weighted by Crippen LogP contribution is 2.35. The highest BCUT2D eigenvalue weighted by molar-refractivity contribution is 6.32. The lowest BCUT2D eigenvalue weighted by Gasteiger charge is -2.34. The summed E-state index contributed by atoms with van der Waals surface area (Å²) in [6.45, 7) is 3.73. The molecule has 0 atom stereocenters. The Morgan fingerprint density at radius 1 is 1.21 bits per heavy atom. The molecule has 3 rings (SSSR count). The van der Waals surface area contributed by atoms with Crippen molar-refractivity contribution in [3.05, 3.63) is 52.1 Å². The zero-order valence-corrected chi connectivity index (χ0v) is 15.9. The smallest absolute Gasteiger partial charge is 0.339 e. The first-order valence-corrected chi connectivity index (χ1v) is 9.07. The molecule has 0 N–H and O–H groups in total. The van der Waals surface area contributed by atoms with Gasteiger partial charge in [0.1, 0.15) is 12.4 Å². The second-order valence-electron chi connectivity index (χ2n) is 6.69. The second kappa shape index (κ2) is 8.08. The summed E-state index contributed by atoms with van der Waals surface area (Å²) in [5.41, 5.74) is -0.229. The normalized spacial score (nSPS) is 15.9. The fourth-order valence-electron chi connectivity index (χ4n) is 3.14. The van der Waals surface area contributed by atoms with Crippen LogP contribution < -0.4 is 0 Å². The fraction of sp³-hybridized carbons (Fsp3) is 0.444. The van der Waals surface area contributed by atoms with E-state index in [4.69, 9.17) is 11.6 Å². The van der Waals surface area contributed by atoms with Gasteiger partial charge in [0, 0.05) is 32.7 Å². The summed E-state index contributed by atoms with van der Waals surface area (Å²) in [6, 6.07) is 6.34. The molecule has 1 aromatic heterocycles. The van der Waals surface area contributed by atoms with Crippen LogP contribution in [-0.4, -0.2) is 51.7 Å². The Labute approximate surface area is 164 Å². The SMILES string of the molecule is Cc1c(Cl)c(C(F)(F)F)nn1CC(=O)N1CCN(Cc2cccc(F)c2)CC1. The van der Waals surface area contributed by atoms with E-state index in [1.54, 1.807) is 11.0 Å². The Bertz CT molecular complexity index is 860. The molecule has 152 valence electrons. The number of rotatable bonds is 4. The van der Waals surface area contributed by atoms with Crippen LogP contribution in [0.25, 0.3) is 0 Å². The molecule has 1 aliphatic rings. The highest BCUT2D eigenvalue weighted by Gasteiger charge is 2.38. The standard InChI is InChI=1S/C18H19ClF4N4O/c1-12-16(19)17(18(21,22)23)24-27(12)11-15(28)26-7-5-25(6-8-26)10-13-3-2-4-14(20)9-13/h2-4,9H,5-8,10-11H2,1H3. The van der Waals surface area contributed by atoms with Crippen LogP contribution >= 0.6 is 11.6 Å². The van der Waals surface area contributed by atoms with E-state index >= 15 is 0 Å². The van der Waals surface area contributed by atoms with Crippen molar-refractivity contribution in [2.75, 3.05) is 26.2 Å². The number of piperazine rings is 1. The lowest BCUT2D eigenvalue weighted by molar-refractivity contribution is -0.142. The molecule has 0 spiro atoms. The van der Waals surface area contributed by atoms with Crippen LogP contribution in [-0.2, 0) is 24.1 Å². The second-order valence-corrected chi connectivity index (χ2v) is 7.07. The van der Waals surface area contributed by atoms with Gasteiger partial charge < -0.3 is 4.90 Å². The maximum Gasteiger partial charge on any atom is 0.436 e. The highest BCUT2D eigenvalue weighted by atomic mass is 35.5. The summed E-state index contributed by atoms with van der Waals surface area (Å²) in [7, 11) is 0. The molecule has 1 aromatic carbocycles. The first-order valence-electron chi connectivity index (χ1n) is 8.70. The lowest BCUT2D eigenvalue weighted by Crippen LogP contribution is -2.49. The van der Waals surface area contributed by atoms with Crippen LogP contribution in [0, 0.1) is 12.7 Å². The number of benzene rings is 1. The first kappa shape index (κ1) is 20.6. The molecule has 1 saturated heterocycles. The Morgan fingerprint density at radius 2 is 1.89 bits per heavy atom. The molecular formula is C18H19ClF4N4O. The van der Waals surface area contributed by atoms with Crippen LogP contribution in [0.4, 0.5) is 17.6 Å². The Kier molecular flexibility index (Phi) is 5.95. The number of hydrogen-bond donors (Lipinski definition) is 0. The van der Waals surface area contributed by atoms with Gasteiger partial charge in [0.2, 0.25) is 5.91 Å². The number of nitrogens with zero attached hydrogens (tertiary/aromatic N) is 4. The van der Waals surface area contributed by atoms with E-state index in [0.29, 0.717) is 32.7 Å². The number of carbonyl (C=O) groups excluding carboxylic acids is 1. The molecule has 1 amide bonds. The molecule has 28 heavy (non-hydrogen) atoms. The van der Waals surface area contributed by atoms with Crippen LogP contribution in [0.2, 0.25) is 5.02 Å². The molecule has 5 nitrogen and oxygen atoms in total. The maximum absolute atomic E-state index is 13.3. The topological polar surface area (TPSA) is 41.4 Å². The summed E-state index contributed by atoms with van der Waals surface area (Å²) >= 11 is 5.71. The largest absolute Gasteiger partial charge is 0.436 e. The van der Waals surface area contributed by atoms with Gasteiger partial charge in [0.15, 0.2) is 5.69 Å². The molecule has 2 aromatic rings. The minimum Gasteiger partial charge on any atom is -0.339 e. The van der Waals surface area contributed by atoms with E-state index in [9.17, 15) is 22.4 Å². The van der Waals surface area contributed by atoms with Gasteiger partial charge in [-0.3, -0.25) is 14.4 Å². The van der Waals surface area contributed by atoms with Crippen molar-refractivity contribution in [2.45, 2.75) is 26.2 Å². The van der Waals surface area contributed by atoms with Gasteiger partial charge in [-0.1, -0.05) is 23.7 Å². The van der Waals surface area contributed by atoms with Gasteiger partial charge in [-0.15, -0.1) is 0 Å². The molecule has 0 radical (unpaired) electrons. The molecular weight excluding hydrogens is 400 g/mol. The van der Waals surface area contributed by atoms with E-state index in [2.05, 4.69) is 10.00 Å². The van der Waals surface area contributed by atoms with Crippen LogP contribution in [0.3, 0.4) is 0 Å². The van der Waals surface area contributed by atoms with E-state index in [-0.39, 0.29) is 24.0 Å². The van der Waals surface area contributed by atoms with Gasteiger partial charge in [-0.2, -0.15) is 18.3 Å². The zero-order chi connectivity index (χ0) is 20.5. The maximum atomic E-state index is 13.3. The first-order chi connectivity index (χ1) is 13.1. The van der Waals surface area contributed by atoms with Crippen LogP contribution in [0.1, 0.15) is 17.0 Å². The van der Waals surface area contributed by atoms with Crippen molar-refractivity contribution >= 4 is 17.5 Å². The minimum absolute atomic E-state index is 0.104. The average molecular weight is 419 g/mol. The summed E-state index contributed by atoms with van der Waals surface area (Å²) in [4.78, 5) is 16.2. The number of hydrogen-bond acceptors (Lipinski definition) is 3. The van der Waals surface area contributed by atoms with Crippen molar-refractivity contribution in [2.24, 2.45) is 0 Å². The Balaban J connectivity index is 1.57. The van der Waals surface area contributed by atoms with Gasteiger partial charge >= 0.3 is 6.18 Å². The summed E-state index contributed by atoms with van der Waals surface area (Å²) in [5, 5.41) is 2.97. The molecule has 0 bridgehead atoms.